The van der Waals surface area contributed by atoms with Crippen LogP contribution in [0, 0.1) is 0 Å². The first-order valence-electron chi connectivity index (χ1n) is 6.63. The van der Waals surface area contributed by atoms with E-state index < -0.39 is 0 Å². The first-order chi connectivity index (χ1) is 8.24. The Hall–Kier alpha value is -0.350. The van der Waals surface area contributed by atoms with Crippen molar-refractivity contribution in [1.82, 2.24) is 15.1 Å². The normalized spacial score (nSPS) is 12.9. The fourth-order valence-electron chi connectivity index (χ4n) is 2.12. The molecule has 1 unspecified atom stereocenters. The lowest BCUT2D eigenvalue weighted by Gasteiger charge is -2.18. The molecule has 0 fully saturated rings. The Kier molecular flexibility index (Phi) is 6.82. The molecule has 17 heavy (non-hydrogen) atoms. The van der Waals surface area contributed by atoms with Crippen LogP contribution in [0.1, 0.15) is 57.7 Å². The third-order valence-electron chi connectivity index (χ3n) is 3.04. The van der Waals surface area contributed by atoms with E-state index in [1.807, 2.05) is 13.2 Å². The molecule has 0 aliphatic carbocycles. The topological polar surface area (TPSA) is 29.9 Å². The molecule has 98 valence electrons. The average molecular weight is 302 g/mol. The van der Waals surface area contributed by atoms with Gasteiger partial charge in [0.15, 0.2) is 0 Å². The molecule has 1 N–H and O–H groups in total. The molecule has 0 spiro atoms. The van der Waals surface area contributed by atoms with Crippen LogP contribution in [0.4, 0.5) is 0 Å². The van der Waals surface area contributed by atoms with Gasteiger partial charge in [0.05, 0.1) is 22.4 Å². The molecule has 1 atom stereocenters. The molecule has 1 aromatic heterocycles. The van der Waals surface area contributed by atoms with Gasteiger partial charge in [-0.25, -0.2) is 0 Å². The molecule has 0 aromatic carbocycles. The largest absolute Gasteiger partial charge is 0.312 e. The van der Waals surface area contributed by atoms with Gasteiger partial charge in [-0.05, 0) is 35.8 Å². The molecular weight excluding hydrogens is 278 g/mol. The summed E-state index contributed by atoms with van der Waals surface area (Å²) < 4.78 is 3.25. The molecule has 0 saturated heterocycles. The van der Waals surface area contributed by atoms with E-state index in [1.54, 1.807) is 0 Å². The van der Waals surface area contributed by atoms with Crippen LogP contribution in [-0.2, 0) is 6.54 Å². The zero-order chi connectivity index (χ0) is 12.7. The van der Waals surface area contributed by atoms with E-state index in [2.05, 4.69) is 44.9 Å². The van der Waals surface area contributed by atoms with Gasteiger partial charge in [-0.2, -0.15) is 5.10 Å². The monoisotopic (exact) mass is 301 g/mol. The summed E-state index contributed by atoms with van der Waals surface area (Å²) in [6.45, 7) is 5.42. The van der Waals surface area contributed by atoms with E-state index in [4.69, 9.17) is 0 Å². The first-order valence-corrected chi connectivity index (χ1v) is 7.42. The quantitative estimate of drug-likeness (QED) is 0.738. The Morgan fingerprint density at radius 1 is 1.35 bits per heavy atom. The second-order valence-corrected chi connectivity index (χ2v) is 5.29. The smallest absolute Gasteiger partial charge is 0.0695 e. The summed E-state index contributed by atoms with van der Waals surface area (Å²) in [5, 5.41) is 7.84. The Labute approximate surface area is 113 Å². The minimum absolute atomic E-state index is 0.407. The van der Waals surface area contributed by atoms with Crippen molar-refractivity contribution >= 4 is 15.9 Å². The van der Waals surface area contributed by atoms with Crippen LogP contribution < -0.4 is 5.32 Å². The highest BCUT2D eigenvalue weighted by Crippen LogP contribution is 2.27. The second kappa shape index (κ2) is 7.88. The van der Waals surface area contributed by atoms with Crippen molar-refractivity contribution in [2.45, 2.75) is 58.5 Å². The summed E-state index contributed by atoms with van der Waals surface area (Å²) in [7, 11) is 2.03. The van der Waals surface area contributed by atoms with Gasteiger partial charge in [0.2, 0.25) is 0 Å². The highest BCUT2D eigenvalue weighted by Gasteiger charge is 2.17. The molecule has 0 saturated carbocycles. The number of halogens is 1. The van der Waals surface area contributed by atoms with Gasteiger partial charge in [-0.1, -0.05) is 33.1 Å². The fraction of sp³-hybridized carbons (Fsp3) is 0.769. The van der Waals surface area contributed by atoms with Gasteiger partial charge in [-0.3, -0.25) is 4.68 Å². The van der Waals surface area contributed by atoms with Gasteiger partial charge in [0, 0.05) is 6.54 Å². The van der Waals surface area contributed by atoms with Crippen molar-refractivity contribution in [3.8, 4) is 0 Å². The van der Waals surface area contributed by atoms with Crippen LogP contribution in [0.15, 0.2) is 10.7 Å². The lowest BCUT2D eigenvalue weighted by molar-refractivity contribution is 0.457. The molecule has 1 rings (SSSR count). The van der Waals surface area contributed by atoms with Crippen molar-refractivity contribution in [1.29, 1.82) is 0 Å². The molecule has 0 bridgehead atoms. The van der Waals surface area contributed by atoms with E-state index >= 15 is 0 Å². The summed E-state index contributed by atoms with van der Waals surface area (Å²) in [4.78, 5) is 0. The second-order valence-electron chi connectivity index (χ2n) is 4.44. The number of hydrogen-bond donors (Lipinski definition) is 1. The Bertz CT molecular complexity index is 322. The number of aromatic nitrogens is 2. The molecule has 1 heterocycles. The van der Waals surface area contributed by atoms with E-state index in [9.17, 15) is 0 Å². The minimum atomic E-state index is 0.407. The van der Waals surface area contributed by atoms with Gasteiger partial charge in [0.1, 0.15) is 0 Å². The highest BCUT2D eigenvalue weighted by atomic mass is 79.9. The first kappa shape index (κ1) is 14.7. The number of nitrogens with zero attached hydrogens (tertiary/aromatic N) is 2. The maximum atomic E-state index is 4.43. The molecule has 3 nitrogen and oxygen atoms in total. The van der Waals surface area contributed by atoms with E-state index in [0.29, 0.717) is 6.04 Å². The van der Waals surface area contributed by atoms with Crippen molar-refractivity contribution in [2.24, 2.45) is 0 Å². The summed E-state index contributed by atoms with van der Waals surface area (Å²) in [6.07, 6.45) is 8.05. The molecule has 0 aliphatic rings. The van der Waals surface area contributed by atoms with Crippen molar-refractivity contribution in [3.05, 3.63) is 16.4 Å². The van der Waals surface area contributed by atoms with Crippen LogP contribution >= 0.6 is 15.9 Å². The number of unbranched alkanes of at least 4 members (excludes halogenated alkanes) is 2. The maximum absolute atomic E-state index is 4.43. The molecule has 0 radical (unpaired) electrons. The van der Waals surface area contributed by atoms with Crippen molar-refractivity contribution in [2.75, 3.05) is 7.05 Å². The molecule has 0 amide bonds. The van der Waals surface area contributed by atoms with Gasteiger partial charge >= 0.3 is 0 Å². The lowest BCUT2D eigenvalue weighted by Crippen LogP contribution is -2.21. The Balaban J connectivity index is 2.75. The van der Waals surface area contributed by atoms with E-state index in [-0.39, 0.29) is 0 Å². The molecule has 4 heteroatoms. The predicted molar refractivity (Wildman–Crippen MR) is 76.2 cm³/mol. The maximum Gasteiger partial charge on any atom is 0.0695 e. The lowest BCUT2D eigenvalue weighted by atomic mass is 10.1. The third kappa shape index (κ3) is 4.11. The Morgan fingerprint density at radius 3 is 2.71 bits per heavy atom. The number of rotatable bonds is 8. The van der Waals surface area contributed by atoms with Crippen molar-refractivity contribution < 1.29 is 0 Å². The van der Waals surface area contributed by atoms with E-state index in [0.717, 1.165) is 17.4 Å². The van der Waals surface area contributed by atoms with Crippen LogP contribution in [0.5, 0.6) is 0 Å². The summed E-state index contributed by atoms with van der Waals surface area (Å²) in [5.74, 6) is 0. The number of nitrogens with one attached hydrogen (secondary N) is 1. The van der Waals surface area contributed by atoms with Crippen LogP contribution in [0.25, 0.3) is 0 Å². The van der Waals surface area contributed by atoms with Gasteiger partial charge in [0.25, 0.3) is 0 Å². The van der Waals surface area contributed by atoms with Gasteiger partial charge < -0.3 is 5.32 Å². The van der Waals surface area contributed by atoms with Crippen molar-refractivity contribution in [3.63, 3.8) is 0 Å². The molecule has 0 aliphatic heterocycles. The van der Waals surface area contributed by atoms with Gasteiger partial charge in [-0.15, -0.1) is 0 Å². The highest BCUT2D eigenvalue weighted by molar-refractivity contribution is 9.10. The summed E-state index contributed by atoms with van der Waals surface area (Å²) >= 11 is 3.61. The zero-order valence-electron chi connectivity index (χ0n) is 11.2. The summed E-state index contributed by atoms with van der Waals surface area (Å²) in [6, 6.07) is 0.407. The summed E-state index contributed by atoms with van der Waals surface area (Å²) in [5.41, 5.74) is 1.30. The van der Waals surface area contributed by atoms with Crippen LogP contribution in [-0.4, -0.2) is 16.8 Å². The zero-order valence-corrected chi connectivity index (χ0v) is 12.8. The molecular formula is C13H24BrN3. The minimum Gasteiger partial charge on any atom is -0.312 e. The molecule has 1 aromatic rings. The Morgan fingerprint density at radius 2 is 2.12 bits per heavy atom. The van der Waals surface area contributed by atoms with Crippen LogP contribution in [0.2, 0.25) is 0 Å². The number of aryl methyl sites for hydroxylation is 1. The van der Waals surface area contributed by atoms with Crippen LogP contribution in [0.3, 0.4) is 0 Å². The van der Waals surface area contributed by atoms with E-state index in [1.165, 1.54) is 31.4 Å². The average Bonchev–Trinajstić information content (AvgIpc) is 2.68. The fourth-order valence-corrected chi connectivity index (χ4v) is 2.70. The third-order valence-corrected chi connectivity index (χ3v) is 3.65. The number of hydrogen-bond acceptors (Lipinski definition) is 2. The standard InChI is InChI=1S/C13H24BrN3/c1-4-6-7-8-12(15-3)13-11(14)10-16-17(13)9-5-2/h10,12,15H,4-9H2,1-3H3. The predicted octanol–water partition coefficient (Wildman–Crippen LogP) is 3.90. The SMILES string of the molecule is CCCCCC(NC)c1c(Br)cnn1CCC.